The first-order valence-electron chi connectivity index (χ1n) is 39.9. The number of amides is 1. The van der Waals surface area contributed by atoms with Crippen molar-refractivity contribution in [3.05, 3.63) is 48.6 Å². The monoisotopic (exact) mass is 1230 g/mol. The molecule has 6 nitrogen and oxygen atoms in total. The molecule has 0 fully saturated rings. The van der Waals surface area contributed by atoms with E-state index in [1.54, 1.807) is 0 Å². The second-order valence-electron chi connectivity index (χ2n) is 27.4. The molecule has 2 unspecified atom stereocenters. The highest BCUT2D eigenvalue weighted by Gasteiger charge is 2.20. The molecule has 0 rings (SSSR count). The average Bonchev–Trinajstić information content (AvgIpc) is 3.58. The number of hydrogen-bond donors (Lipinski definition) is 3. The molecule has 88 heavy (non-hydrogen) atoms. The minimum atomic E-state index is -0.666. The summed E-state index contributed by atoms with van der Waals surface area (Å²) in [5.41, 5.74) is 0. The van der Waals surface area contributed by atoms with E-state index in [4.69, 9.17) is 4.74 Å². The molecule has 0 aliphatic carbocycles. The van der Waals surface area contributed by atoms with Gasteiger partial charge in [0.05, 0.1) is 25.4 Å². The Bertz CT molecular complexity index is 1470. The molecule has 0 saturated carbocycles. The van der Waals surface area contributed by atoms with E-state index < -0.39 is 12.1 Å². The maximum Gasteiger partial charge on any atom is 0.305 e. The van der Waals surface area contributed by atoms with Gasteiger partial charge in [0.15, 0.2) is 0 Å². The van der Waals surface area contributed by atoms with Gasteiger partial charge in [-0.1, -0.05) is 383 Å². The molecule has 0 aliphatic rings. The minimum absolute atomic E-state index is 0.00597. The zero-order valence-corrected chi connectivity index (χ0v) is 59.5. The molecule has 2 atom stereocenters. The van der Waals surface area contributed by atoms with Crippen molar-refractivity contribution in [2.24, 2.45) is 0 Å². The Labute approximate surface area is 550 Å². The van der Waals surface area contributed by atoms with E-state index >= 15 is 0 Å². The average molecular weight is 1240 g/mol. The van der Waals surface area contributed by atoms with Crippen LogP contribution in [0, 0.1) is 0 Å². The lowest BCUT2D eigenvalue weighted by atomic mass is 10.0. The van der Waals surface area contributed by atoms with Crippen LogP contribution in [0.3, 0.4) is 0 Å². The Morgan fingerprint density at radius 1 is 0.318 bits per heavy atom. The first kappa shape index (κ1) is 85.8. The summed E-state index contributed by atoms with van der Waals surface area (Å²) >= 11 is 0. The summed E-state index contributed by atoms with van der Waals surface area (Å²) in [7, 11) is 0. The van der Waals surface area contributed by atoms with Gasteiger partial charge in [-0.3, -0.25) is 9.59 Å². The van der Waals surface area contributed by atoms with Gasteiger partial charge in [0.1, 0.15) is 0 Å². The number of unbranched alkanes of at least 4 members (excludes halogenated alkanes) is 56. The van der Waals surface area contributed by atoms with Crippen LogP contribution in [0.2, 0.25) is 0 Å². The van der Waals surface area contributed by atoms with Gasteiger partial charge in [0.2, 0.25) is 5.91 Å². The number of carbonyl (C=O) groups excluding carboxylic acids is 2. The number of rotatable bonds is 75. The summed E-state index contributed by atoms with van der Waals surface area (Å²) < 4.78 is 5.50. The Balaban J connectivity index is 3.39. The topological polar surface area (TPSA) is 95.9 Å². The summed E-state index contributed by atoms with van der Waals surface area (Å²) in [6, 6.07) is -0.543. The van der Waals surface area contributed by atoms with Crippen molar-refractivity contribution in [1.82, 2.24) is 5.32 Å². The zero-order valence-electron chi connectivity index (χ0n) is 59.5. The largest absolute Gasteiger partial charge is 0.466 e. The number of aliphatic hydroxyl groups excluding tert-OH is 2. The molecule has 0 heterocycles. The molecule has 0 aromatic rings. The van der Waals surface area contributed by atoms with Crippen LogP contribution in [-0.2, 0) is 14.3 Å². The first-order valence-corrected chi connectivity index (χ1v) is 39.9. The standard InChI is InChI=1S/C82H155NO5/c1-3-5-7-9-11-13-15-17-19-21-22-23-33-36-39-43-46-50-54-58-62-66-70-74-80(85)79(78-84)83-81(86)75-71-67-63-59-55-51-47-44-40-37-34-31-29-27-25-24-26-28-30-32-35-38-41-45-49-53-57-61-65-69-73-77-88-82(87)76-72-68-64-60-56-52-48-42-20-18-16-14-12-10-8-6-4-2/h12,14,18,20,26,28,32,35,79-80,84-85H,3-11,13,15-17,19,21-25,27,29-31,33-34,36-78H2,1-2H3,(H,83,86)/b14-12-,20-18-,28-26-,35-32-. The lowest BCUT2D eigenvalue weighted by Crippen LogP contribution is -2.45. The van der Waals surface area contributed by atoms with Crippen molar-refractivity contribution in [2.45, 2.75) is 450 Å². The quantitative estimate of drug-likeness (QED) is 0.0320. The molecule has 0 aromatic heterocycles. The number of allylic oxidation sites excluding steroid dienone is 8. The highest BCUT2D eigenvalue weighted by molar-refractivity contribution is 5.76. The lowest BCUT2D eigenvalue weighted by Gasteiger charge is -2.22. The Morgan fingerprint density at radius 2 is 0.568 bits per heavy atom. The highest BCUT2D eigenvalue weighted by atomic mass is 16.5. The number of aliphatic hydroxyl groups is 2. The third-order valence-electron chi connectivity index (χ3n) is 18.6. The van der Waals surface area contributed by atoms with Crippen LogP contribution in [0.15, 0.2) is 48.6 Å². The van der Waals surface area contributed by atoms with E-state index in [9.17, 15) is 19.8 Å². The van der Waals surface area contributed by atoms with E-state index in [-0.39, 0.29) is 18.5 Å². The van der Waals surface area contributed by atoms with Crippen LogP contribution >= 0.6 is 0 Å². The predicted molar refractivity (Wildman–Crippen MR) is 389 cm³/mol. The maximum absolute atomic E-state index is 12.6. The summed E-state index contributed by atoms with van der Waals surface area (Å²) in [6.07, 6.45) is 102. The summed E-state index contributed by atoms with van der Waals surface area (Å²) in [4.78, 5) is 24.7. The maximum atomic E-state index is 12.6. The van der Waals surface area contributed by atoms with E-state index in [1.165, 1.54) is 347 Å². The van der Waals surface area contributed by atoms with Gasteiger partial charge in [0.25, 0.3) is 0 Å². The number of ether oxygens (including phenoxy) is 1. The number of esters is 1. The van der Waals surface area contributed by atoms with Crippen LogP contribution in [0.4, 0.5) is 0 Å². The van der Waals surface area contributed by atoms with Gasteiger partial charge in [-0.2, -0.15) is 0 Å². The summed E-state index contributed by atoms with van der Waals surface area (Å²) in [5.74, 6) is -0.0236. The van der Waals surface area contributed by atoms with E-state index in [0.29, 0.717) is 25.9 Å². The van der Waals surface area contributed by atoms with Crippen LogP contribution in [0.1, 0.15) is 438 Å². The van der Waals surface area contributed by atoms with Crippen molar-refractivity contribution < 1.29 is 24.5 Å². The fraction of sp³-hybridized carbons (Fsp3) is 0.878. The Morgan fingerprint density at radius 3 is 0.886 bits per heavy atom. The molecular formula is C82H155NO5. The van der Waals surface area contributed by atoms with Crippen molar-refractivity contribution >= 4 is 11.9 Å². The van der Waals surface area contributed by atoms with E-state index in [0.717, 1.165) is 57.8 Å². The number of nitrogens with one attached hydrogen (secondary N) is 1. The zero-order chi connectivity index (χ0) is 63.5. The first-order chi connectivity index (χ1) is 43.5. The minimum Gasteiger partial charge on any atom is -0.466 e. The summed E-state index contributed by atoms with van der Waals surface area (Å²) in [5, 5.41) is 23.5. The smallest absolute Gasteiger partial charge is 0.305 e. The lowest BCUT2D eigenvalue weighted by molar-refractivity contribution is -0.143. The highest BCUT2D eigenvalue weighted by Crippen LogP contribution is 2.20. The predicted octanol–water partition coefficient (Wildman–Crippen LogP) is 26.4. The normalized spacial score (nSPS) is 12.7. The van der Waals surface area contributed by atoms with Crippen molar-refractivity contribution in [1.29, 1.82) is 0 Å². The third kappa shape index (κ3) is 72.9. The molecule has 0 saturated heterocycles. The molecule has 0 bridgehead atoms. The van der Waals surface area contributed by atoms with Crippen molar-refractivity contribution in [2.75, 3.05) is 13.2 Å². The fourth-order valence-electron chi connectivity index (χ4n) is 12.5. The van der Waals surface area contributed by atoms with Crippen LogP contribution in [0.5, 0.6) is 0 Å². The summed E-state index contributed by atoms with van der Waals surface area (Å²) in [6.45, 7) is 4.96. The van der Waals surface area contributed by atoms with E-state index in [2.05, 4.69) is 67.8 Å². The molecule has 3 N–H and O–H groups in total. The van der Waals surface area contributed by atoms with Crippen LogP contribution in [0.25, 0.3) is 0 Å². The fourth-order valence-corrected chi connectivity index (χ4v) is 12.5. The van der Waals surface area contributed by atoms with Gasteiger partial charge in [-0.15, -0.1) is 0 Å². The second-order valence-corrected chi connectivity index (χ2v) is 27.4. The molecule has 518 valence electrons. The molecule has 0 aromatic carbocycles. The molecular weight excluding hydrogens is 1080 g/mol. The second kappa shape index (κ2) is 77.3. The number of carbonyl (C=O) groups is 2. The third-order valence-corrected chi connectivity index (χ3v) is 18.6. The van der Waals surface area contributed by atoms with Crippen LogP contribution < -0.4 is 5.32 Å². The Kier molecular flexibility index (Phi) is 75.4. The van der Waals surface area contributed by atoms with Crippen molar-refractivity contribution in [3.8, 4) is 0 Å². The molecule has 0 spiro atoms. The van der Waals surface area contributed by atoms with E-state index in [1.807, 2.05) is 0 Å². The van der Waals surface area contributed by atoms with Crippen LogP contribution in [-0.4, -0.2) is 47.4 Å². The van der Waals surface area contributed by atoms with Gasteiger partial charge in [-0.25, -0.2) is 0 Å². The van der Waals surface area contributed by atoms with Gasteiger partial charge in [-0.05, 0) is 89.9 Å². The van der Waals surface area contributed by atoms with Gasteiger partial charge in [0, 0.05) is 12.8 Å². The van der Waals surface area contributed by atoms with Gasteiger partial charge >= 0.3 is 5.97 Å². The van der Waals surface area contributed by atoms with Crippen molar-refractivity contribution in [3.63, 3.8) is 0 Å². The Hall–Kier alpha value is -2.18. The number of hydrogen-bond acceptors (Lipinski definition) is 5. The molecule has 6 heteroatoms. The molecule has 1 amide bonds. The van der Waals surface area contributed by atoms with Gasteiger partial charge < -0.3 is 20.3 Å². The molecule has 0 aliphatic heterocycles. The molecule has 0 radical (unpaired) electrons. The SMILES string of the molecule is CCCCC/C=C\C/C=C\CCCCCCCCCC(=O)OCCCCCCCCCCC/C=C\C/C=C\CCCCCCCCCCCCCCCCCC(=O)NC(CO)C(O)CCCCCCCCCCCCCCCCCCCCCCCCC.